The maximum atomic E-state index is 13.7. The number of pyridine rings is 1. The molecule has 0 spiro atoms. The number of amides is 1. The Kier molecular flexibility index (Phi) is 5.91. The molecule has 1 aliphatic heterocycles. The molecule has 0 aliphatic carbocycles. The second-order valence-electron chi connectivity index (χ2n) is 8.45. The van der Waals surface area contributed by atoms with Crippen molar-refractivity contribution in [3.8, 4) is 17.1 Å². The van der Waals surface area contributed by atoms with Crippen LogP contribution in [-0.2, 0) is 13.5 Å². The van der Waals surface area contributed by atoms with Crippen molar-refractivity contribution in [3.63, 3.8) is 0 Å². The summed E-state index contributed by atoms with van der Waals surface area (Å²) in [6.45, 7) is 4.19. The highest BCUT2D eigenvalue weighted by molar-refractivity contribution is 6.30. The minimum atomic E-state index is -0.186. The highest BCUT2D eigenvalue weighted by Crippen LogP contribution is 2.41. The van der Waals surface area contributed by atoms with Gasteiger partial charge in [0.05, 0.1) is 17.4 Å². The second-order valence-corrected chi connectivity index (χ2v) is 8.89. The number of hydrogen-bond donors (Lipinski definition) is 0. The maximum absolute atomic E-state index is 13.7. The Hall–Kier alpha value is -3.52. The van der Waals surface area contributed by atoms with Crippen LogP contribution in [0.2, 0.25) is 5.02 Å². The zero-order chi connectivity index (χ0) is 23.8. The van der Waals surface area contributed by atoms with Crippen LogP contribution >= 0.6 is 11.6 Å². The molecule has 0 saturated carbocycles. The molecule has 0 N–H and O–H groups in total. The van der Waals surface area contributed by atoms with Gasteiger partial charge in [-0.2, -0.15) is 5.10 Å². The van der Waals surface area contributed by atoms with E-state index in [-0.39, 0.29) is 23.8 Å². The topological polar surface area (TPSA) is 81.7 Å². The van der Waals surface area contributed by atoms with Gasteiger partial charge in [0, 0.05) is 35.4 Å². The number of carbonyl (C=O) groups is 1. The molecule has 0 fully saturated rings. The van der Waals surface area contributed by atoms with E-state index >= 15 is 0 Å². The average Bonchev–Trinajstić information content (AvgIpc) is 3.47. The van der Waals surface area contributed by atoms with Gasteiger partial charge in [-0.3, -0.25) is 9.48 Å². The molecule has 0 radical (unpaired) electrons. The summed E-state index contributed by atoms with van der Waals surface area (Å²) >= 11 is 6.29. The van der Waals surface area contributed by atoms with E-state index in [2.05, 4.69) is 35.0 Å². The lowest BCUT2D eigenvalue weighted by molar-refractivity contribution is 0.0500. The largest absolute Gasteiger partial charge is 0.324 e. The molecule has 9 heteroatoms. The summed E-state index contributed by atoms with van der Waals surface area (Å²) in [5.74, 6) is 0.593. The third-order valence-electron chi connectivity index (χ3n) is 6.42. The molecule has 4 heterocycles. The Morgan fingerprint density at radius 3 is 2.65 bits per heavy atom. The standard InChI is InChI=1S/C25H26ClN7O/c1-4-18-14-19-22(29-31(3)23(19)16-9-8-10-17(26)13-16)20(5-2)33(18)25(34)24-28-15-32(30-24)21-11-6-7-12-27-21/h6-13,15,18,20H,4-5,14H2,1-3H3. The molecule has 4 aromatic rings. The fourth-order valence-corrected chi connectivity index (χ4v) is 5.08. The van der Waals surface area contributed by atoms with Crippen LogP contribution in [0.25, 0.3) is 17.1 Å². The van der Waals surface area contributed by atoms with Crippen molar-refractivity contribution >= 4 is 17.5 Å². The summed E-state index contributed by atoms with van der Waals surface area (Å²) < 4.78 is 3.44. The first-order chi connectivity index (χ1) is 16.5. The Morgan fingerprint density at radius 2 is 1.94 bits per heavy atom. The van der Waals surface area contributed by atoms with Gasteiger partial charge in [0.15, 0.2) is 5.82 Å². The summed E-state index contributed by atoms with van der Waals surface area (Å²) in [6, 6.07) is 13.2. The zero-order valence-electron chi connectivity index (χ0n) is 19.4. The molecule has 1 aromatic carbocycles. The van der Waals surface area contributed by atoms with Gasteiger partial charge in [-0.25, -0.2) is 14.6 Å². The van der Waals surface area contributed by atoms with Crippen molar-refractivity contribution in [2.75, 3.05) is 0 Å². The number of halogens is 1. The van der Waals surface area contributed by atoms with Crippen LogP contribution in [0.5, 0.6) is 0 Å². The van der Waals surface area contributed by atoms with Crippen molar-refractivity contribution in [1.29, 1.82) is 0 Å². The number of carbonyl (C=O) groups excluding carboxylic acids is 1. The van der Waals surface area contributed by atoms with E-state index in [9.17, 15) is 4.79 Å². The fraction of sp³-hybridized carbons (Fsp3) is 0.320. The van der Waals surface area contributed by atoms with E-state index in [4.69, 9.17) is 16.7 Å². The summed E-state index contributed by atoms with van der Waals surface area (Å²) in [5.41, 5.74) is 4.20. The number of nitrogens with zero attached hydrogens (tertiary/aromatic N) is 7. The van der Waals surface area contributed by atoms with Crippen LogP contribution in [-0.4, -0.2) is 46.4 Å². The monoisotopic (exact) mass is 475 g/mol. The maximum Gasteiger partial charge on any atom is 0.294 e. The lowest BCUT2D eigenvalue weighted by atomic mass is 9.87. The number of aryl methyl sites for hydroxylation is 1. The van der Waals surface area contributed by atoms with Crippen LogP contribution in [0.4, 0.5) is 0 Å². The van der Waals surface area contributed by atoms with Crippen LogP contribution < -0.4 is 0 Å². The average molecular weight is 476 g/mol. The predicted octanol–water partition coefficient (Wildman–Crippen LogP) is 4.64. The van der Waals surface area contributed by atoms with Gasteiger partial charge in [0.1, 0.15) is 6.33 Å². The zero-order valence-corrected chi connectivity index (χ0v) is 20.1. The molecule has 2 atom stereocenters. The van der Waals surface area contributed by atoms with Gasteiger partial charge < -0.3 is 4.90 Å². The number of fused-ring (bicyclic) bond motifs is 1. The van der Waals surface area contributed by atoms with E-state index in [1.165, 1.54) is 16.6 Å². The minimum Gasteiger partial charge on any atom is -0.324 e. The third-order valence-corrected chi connectivity index (χ3v) is 6.65. The highest BCUT2D eigenvalue weighted by Gasteiger charge is 2.41. The molecule has 0 bridgehead atoms. The fourth-order valence-electron chi connectivity index (χ4n) is 4.89. The molecule has 174 valence electrons. The Balaban J connectivity index is 1.54. The first-order valence-corrected chi connectivity index (χ1v) is 11.9. The van der Waals surface area contributed by atoms with Gasteiger partial charge in [-0.05, 0) is 43.5 Å². The number of aromatic nitrogens is 6. The normalized spacial score (nSPS) is 17.6. The van der Waals surface area contributed by atoms with Crippen molar-refractivity contribution < 1.29 is 4.79 Å². The SMILES string of the molecule is CCC1Cc2c(nn(C)c2-c2cccc(Cl)c2)C(CC)N1C(=O)c1ncn(-c2ccccn2)n1. The first-order valence-electron chi connectivity index (χ1n) is 11.5. The van der Waals surface area contributed by atoms with E-state index in [1.54, 1.807) is 6.20 Å². The van der Waals surface area contributed by atoms with Gasteiger partial charge >= 0.3 is 0 Å². The van der Waals surface area contributed by atoms with Crippen molar-refractivity contribution in [2.24, 2.45) is 7.05 Å². The van der Waals surface area contributed by atoms with E-state index < -0.39 is 0 Å². The molecule has 8 nitrogen and oxygen atoms in total. The van der Waals surface area contributed by atoms with Crippen molar-refractivity contribution in [2.45, 2.75) is 45.2 Å². The summed E-state index contributed by atoms with van der Waals surface area (Å²) in [5, 5.41) is 10.0. The van der Waals surface area contributed by atoms with Crippen LogP contribution in [0.1, 0.15) is 54.6 Å². The molecule has 0 saturated heterocycles. The molecular weight excluding hydrogens is 450 g/mol. The molecule has 3 aromatic heterocycles. The summed E-state index contributed by atoms with van der Waals surface area (Å²) in [6.07, 6.45) is 5.48. The third kappa shape index (κ3) is 3.77. The molecule has 1 aliphatic rings. The summed E-state index contributed by atoms with van der Waals surface area (Å²) in [7, 11) is 1.95. The highest BCUT2D eigenvalue weighted by atomic mass is 35.5. The molecule has 1 amide bonds. The predicted molar refractivity (Wildman–Crippen MR) is 130 cm³/mol. The van der Waals surface area contributed by atoms with Crippen LogP contribution in [0.15, 0.2) is 55.0 Å². The molecule has 5 rings (SSSR count). The van der Waals surface area contributed by atoms with Gasteiger partial charge in [0.2, 0.25) is 5.82 Å². The van der Waals surface area contributed by atoms with Crippen LogP contribution in [0.3, 0.4) is 0 Å². The minimum absolute atomic E-state index is 0.00823. The second kappa shape index (κ2) is 9.02. The Morgan fingerprint density at radius 1 is 1.09 bits per heavy atom. The van der Waals surface area contributed by atoms with E-state index in [1.807, 2.05) is 53.0 Å². The van der Waals surface area contributed by atoms with Crippen molar-refractivity contribution in [3.05, 3.63) is 77.1 Å². The van der Waals surface area contributed by atoms with Gasteiger partial charge in [0.25, 0.3) is 5.91 Å². The number of rotatable bonds is 5. The lowest BCUT2D eigenvalue weighted by Gasteiger charge is -2.40. The molecular formula is C25H26ClN7O. The van der Waals surface area contributed by atoms with Crippen molar-refractivity contribution in [1.82, 2.24) is 34.4 Å². The molecule has 34 heavy (non-hydrogen) atoms. The van der Waals surface area contributed by atoms with Crippen LogP contribution in [0, 0.1) is 0 Å². The number of benzene rings is 1. The Bertz CT molecular complexity index is 1330. The van der Waals surface area contributed by atoms with E-state index in [0.717, 1.165) is 29.8 Å². The first kappa shape index (κ1) is 22.3. The van der Waals surface area contributed by atoms with Gasteiger partial charge in [-0.1, -0.05) is 43.6 Å². The lowest BCUT2D eigenvalue weighted by Crippen LogP contribution is -2.47. The smallest absolute Gasteiger partial charge is 0.294 e. The van der Waals surface area contributed by atoms with Gasteiger partial charge in [-0.15, -0.1) is 5.10 Å². The Labute approximate surface area is 203 Å². The summed E-state index contributed by atoms with van der Waals surface area (Å²) in [4.78, 5) is 24.2. The molecule has 2 unspecified atom stereocenters. The number of hydrogen-bond acceptors (Lipinski definition) is 5. The van der Waals surface area contributed by atoms with E-state index in [0.29, 0.717) is 17.3 Å². The quantitative estimate of drug-likeness (QED) is 0.420.